The fourth-order valence-electron chi connectivity index (χ4n) is 2.72. The maximum Gasteiger partial charge on any atom is 0.129 e. The van der Waals surface area contributed by atoms with Gasteiger partial charge in [0.05, 0.1) is 24.2 Å². The number of hydrogen-bond donors (Lipinski definition) is 0. The molecule has 1 aliphatic heterocycles. The molecule has 1 aromatic heterocycles. The van der Waals surface area contributed by atoms with Gasteiger partial charge in [0.1, 0.15) is 5.82 Å². The number of benzene rings is 1. The van der Waals surface area contributed by atoms with Gasteiger partial charge in [-0.2, -0.15) is 0 Å². The van der Waals surface area contributed by atoms with Gasteiger partial charge in [0.15, 0.2) is 0 Å². The molecule has 3 rings (SSSR count). The maximum absolute atomic E-state index is 4.81. The lowest BCUT2D eigenvalue weighted by Gasteiger charge is -2.21. The molecular formula is C17H22N4. The van der Waals surface area contributed by atoms with Gasteiger partial charge in [-0.3, -0.25) is 0 Å². The molecule has 1 aliphatic rings. The van der Waals surface area contributed by atoms with Crippen LogP contribution in [-0.2, 0) is 13.1 Å². The summed E-state index contributed by atoms with van der Waals surface area (Å²) in [6, 6.07) is 8.37. The molecule has 21 heavy (non-hydrogen) atoms. The molecule has 0 saturated heterocycles. The van der Waals surface area contributed by atoms with E-state index in [-0.39, 0.29) is 0 Å². The fraction of sp³-hybridized carbons (Fsp3) is 0.353. The zero-order chi connectivity index (χ0) is 14.8. The van der Waals surface area contributed by atoms with E-state index in [1.54, 1.807) is 0 Å². The van der Waals surface area contributed by atoms with Gasteiger partial charge in [0.2, 0.25) is 0 Å². The number of aromatic nitrogens is 2. The molecule has 0 radical (unpaired) electrons. The maximum atomic E-state index is 4.81. The second-order valence-corrected chi connectivity index (χ2v) is 5.56. The Kier molecular flexibility index (Phi) is 3.69. The molecule has 1 aromatic carbocycles. The largest absolute Gasteiger partial charge is 0.351 e. The Hall–Kier alpha value is -2.23. The standard InChI is InChI=1S/C17H22N4/c1-4-9-21-16-8-6-5-7-15(16)18-17(21)12-19-10-11-20(13-19)14(2)3/h5-8,10-11H,2,4,9,12-13H2,1,3H3. The number of nitrogens with zero attached hydrogens (tertiary/aromatic N) is 4. The van der Waals surface area contributed by atoms with Gasteiger partial charge in [-0.25, -0.2) is 4.98 Å². The third-order valence-electron chi connectivity index (χ3n) is 3.81. The van der Waals surface area contributed by atoms with Gasteiger partial charge in [-0.1, -0.05) is 25.6 Å². The minimum atomic E-state index is 0.828. The smallest absolute Gasteiger partial charge is 0.129 e. The van der Waals surface area contributed by atoms with Crippen LogP contribution in [0.1, 0.15) is 26.1 Å². The number of hydrogen-bond acceptors (Lipinski definition) is 3. The average Bonchev–Trinajstić information content (AvgIpc) is 3.06. The zero-order valence-electron chi connectivity index (χ0n) is 12.8. The van der Waals surface area contributed by atoms with E-state index in [9.17, 15) is 0 Å². The van der Waals surface area contributed by atoms with Crippen molar-refractivity contribution in [2.45, 2.75) is 33.4 Å². The summed E-state index contributed by atoms with van der Waals surface area (Å²) in [7, 11) is 0. The SMILES string of the molecule is C=C(C)N1C=CN(Cc2nc3ccccc3n2CCC)C1. The average molecular weight is 282 g/mol. The van der Waals surface area contributed by atoms with Crippen molar-refractivity contribution in [3.63, 3.8) is 0 Å². The van der Waals surface area contributed by atoms with Crippen molar-refractivity contribution in [2.75, 3.05) is 6.67 Å². The molecule has 110 valence electrons. The van der Waals surface area contributed by atoms with Crippen molar-refractivity contribution in [3.05, 3.63) is 54.8 Å². The third-order valence-corrected chi connectivity index (χ3v) is 3.81. The lowest BCUT2D eigenvalue weighted by molar-refractivity contribution is 0.287. The van der Waals surface area contributed by atoms with E-state index in [0.29, 0.717) is 0 Å². The molecule has 0 aliphatic carbocycles. The summed E-state index contributed by atoms with van der Waals surface area (Å²) in [5.74, 6) is 1.13. The van der Waals surface area contributed by atoms with Crippen LogP contribution in [-0.4, -0.2) is 26.0 Å². The predicted molar refractivity (Wildman–Crippen MR) is 86.2 cm³/mol. The first-order valence-corrected chi connectivity index (χ1v) is 7.47. The lowest BCUT2D eigenvalue weighted by atomic mass is 10.3. The molecule has 0 fully saturated rings. The van der Waals surface area contributed by atoms with E-state index in [1.807, 2.05) is 13.0 Å². The molecule has 0 N–H and O–H groups in total. The molecule has 0 saturated carbocycles. The molecule has 0 atom stereocenters. The van der Waals surface area contributed by atoms with Crippen LogP contribution in [0.5, 0.6) is 0 Å². The van der Waals surface area contributed by atoms with Gasteiger partial charge in [0.25, 0.3) is 0 Å². The van der Waals surface area contributed by atoms with Gasteiger partial charge in [-0.05, 0) is 25.5 Å². The first-order chi connectivity index (χ1) is 10.2. The molecule has 4 heteroatoms. The Morgan fingerprint density at radius 3 is 2.81 bits per heavy atom. The minimum Gasteiger partial charge on any atom is -0.351 e. The van der Waals surface area contributed by atoms with Gasteiger partial charge in [-0.15, -0.1) is 0 Å². The van der Waals surface area contributed by atoms with E-state index in [1.165, 1.54) is 5.52 Å². The van der Waals surface area contributed by atoms with E-state index < -0.39 is 0 Å². The molecule has 2 heterocycles. The van der Waals surface area contributed by atoms with Crippen LogP contribution in [0.15, 0.2) is 48.9 Å². The summed E-state index contributed by atoms with van der Waals surface area (Å²) < 4.78 is 2.34. The van der Waals surface area contributed by atoms with Crippen LogP contribution in [0.2, 0.25) is 0 Å². The van der Waals surface area contributed by atoms with Crippen molar-refractivity contribution in [1.29, 1.82) is 0 Å². The summed E-state index contributed by atoms with van der Waals surface area (Å²) in [4.78, 5) is 9.22. The van der Waals surface area contributed by atoms with Crippen molar-refractivity contribution in [1.82, 2.24) is 19.4 Å². The molecule has 2 aromatic rings. The second-order valence-electron chi connectivity index (χ2n) is 5.56. The van der Waals surface area contributed by atoms with Crippen LogP contribution in [0.3, 0.4) is 0 Å². The Balaban J connectivity index is 1.85. The Labute approximate surface area is 126 Å². The highest BCUT2D eigenvalue weighted by atomic mass is 15.3. The van der Waals surface area contributed by atoms with Crippen LogP contribution in [0.25, 0.3) is 11.0 Å². The highest BCUT2D eigenvalue weighted by molar-refractivity contribution is 5.75. The van der Waals surface area contributed by atoms with Crippen LogP contribution in [0.4, 0.5) is 0 Å². The number of para-hydroxylation sites is 2. The molecule has 0 spiro atoms. The minimum absolute atomic E-state index is 0.828. The first-order valence-electron chi connectivity index (χ1n) is 7.47. The van der Waals surface area contributed by atoms with Crippen molar-refractivity contribution in [3.8, 4) is 0 Å². The summed E-state index contributed by atoms with van der Waals surface area (Å²) in [5.41, 5.74) is 3.38. The number of fused-ring (bicyclic) bond motifs is 1. The van der Waals surface area contributed by atoms with Gasteiger partial charge >= 0.3 is 0 Å². The van der Waals surface area contributed by atoms with Crippen molar-refractivity contribution in [2.24, 2.45) is 0 Å². The van der Waals surface area contributed by atoms with E-state index in [2.05, 4.69) is 58.5 Å². The molecular weight excluding hydrogens is 260 g/mol. The monoisotopic (exact) mass is 282 g/mol. The number of aryl methyl sites for hydroxylation is 1. The second kappa shape index (κ2) is 5.64. The quantitative estimate of drug-likeness (QED) is 0.838. The Bertz CT molecular complexity index is 683. The Morgan fingerprint density at radius 1 is 1.29 bits per heavy atom. The Morgan fingerprint density at radius 2 is 2.10 bits per heavy atom. The van der Waals surface area contributed by atoms with Crippen LogP contribution in [0, 0.1) is 0 Å². The molecule has 0 bridgehead atoms. The van der Waals surface area contributed by atoms with E-state index >= 15 is 0 Å². The summed E-state index contributed by atoms with van der Waals surface area (Å²) >= 11 is 0. The molecule has 0 unspecified atom stereocenters. The lowest BCUT2D eigenvalue weighted by Crippen LogP contribution is -2.25. The number of imidazole rings is 1. The van der Waals surface area contributed by atoms with Gasteiger partial charge < -0.3 is 14.4 Å². The van der Waals surface area contributed by atoms with E-state index in [4.69, 9.17) is 4.98 Å². The zero-order valence-corrected chi connectivity index (χ0v) is 12.8. The van der Waals surface area contributed by atoms with Crippen molar-refractivity contribution >= 4 is 11.0 Å². The summed E-state index contributed by atoms with van der Waals surface area (Å²) in [5, 5.41) is 0. The third kappa shape index (κ3) is 2.66. The van der Waals surface area contributed by atoms with Crippen molar-refractivity contribution < 1.29 is 0 Å². The molecule has 0 amide bonds. The topological polar surface area (TPSA) is 24.3 Å². The fourth-order valence-corrected chi connectivity index (χ4v) is 2.72. The highest BCUT2D eigenvalue weighted by Gasteiger charge is 2.16. The van der Waals surface area contributed by atoms with Crippen LogP contribution < -0.4 is 0 Å². The summed E-state index contributed by atoms with van der Waals surface area (Å²) in [6.07, 6.45) is 5.31. The first kappa shape index (κ1) is 13.7. The summed E-state index contributed by atoms with van der Waals surface area (Å²) in [6.45, 7) is 10.9. The highest BCUT2D eigenvalue weighted by Crippen LogP contribution is 2.20. The normalized spacial score (nSPS) is 14.4. The van der Waals surface area contributed by atoms with E-state index in [0.717, 1.165) is 43.2 Å². The predicted octanol–water partition coefficient (Wildman–Crippen LogP) is 3.53. The van der Waals surface area contributed by atoms with Gasteiger partial charge in [0, 0.05) is 24.6 Å². The number of allylic oxidation sites excluding steroid dienone is 1. The van der Waals surface area contributed by atoms with Crippen LogP contribution >= 0.6 is 0 Å². The number of rotatable bonds is 5. The molecule has 4 nitrogen and oxygen atoms in total.